The lowest BCUT2D eigenvalue weighted by Gasteiger charge is -2.19. The predicted molar refractivity (Wildman–Crippen MR) is 110 cm³/mol. The maximum Gasteiger partial charge on any atom is 0.272 e. The van der Waals surface area contributed by atoms with E-state index in [4.69, 9.17) is 10.6 Å². The summed E-state index contributed by atoms with van der Waals surface area (Å²) in [5, 5.41) is 2.44. The predicted octanol–water partition coefficient (Wildman–Crippen LogP) is 3.87. The van der Waals surface area contributed by atoms with Crippen molar-refractivity contribution in [1.29, 1.82) is 0 Å². The maximum absolute atomic E-state index is 13.3. The van der Waals surface area contributed by atoms with Gasteiger partial charge in [-0.2, -0.15) is 0 Å². The van der Waals surface area contributed by atoms with Gasteiger partial charge in [-0.15, -0.1) is 11.3 Å². The molecule has 1 aliphatic rings. The van der Waals surface area contributed by atoms with Gasteiger partial charge < -0.3 is 9.75 Å². The summed E-state index contributed by atoms with van der Waals surface area (Å²) >= 11 is 1.36. The SMILES string of the molecule is C=CN(C(=O)c1sc2nccc(N(C)N)c2c1C)C1=CCC=C(OC)C=C1. The Balaban J connectivity index is 2.02. The highest BCUT2D eigenvalue weighted by molar-refractivity contribution is 7.20. The number of aryl methyl sites for hydroxylation is 1. The Morgan fingerprint density at radius 3 is 2.85 bits per heavy atom. The molecule has 0 saturated heterocycles. The molecule has 6 nitrogen and oxygen atoms in total. The fourth-order valence-corrected chi connectivity index (χ4v) is 4.10. The third kappa shape index (κ3) is 3.51. The van der Waals surface area contributed by atoms with Crippen LogP contribution in [0.15, 0.2) is 60.8 Å². The summed E-state index contributed by atoms with van der Waals surface area (Å²) in [6.45, 7) is 5.75. The average molecular weight is 382 g/mol. The minimum absolute atomic E-state index is 0.145. The van der Waals surface area contributed by atoms with E-state index in [2.05, 4.69) is 11.6 Å². The van der Waals surface area contributed by atoms with Gasteiger partial charge in [0.05, 0.1) is 17.7 Å². The molecule has 1 aliphatic carbocycles. The van der Waals surface area contributed by atoms with Crippen LogP contribution in [0.25, 0.3) is 10.2 Å². The highest BCUT2D eigenvalue weighted by Gasteiger charge is 2.24. The van der Waals surface area contributed by atoms with Gasteiger partial charge in [0.15, 0.2) is 0 Å². The van der Waals surface area contributed by atoms with Gasteiger partial charge >= 0.3 is 0 Å². The number of nitrogens with two attached hydrogens (primary N) is 1. The fourth-order valence-electron chi connectivity index (χ4n) is 2.99. The first-order chi connectivity index (χ1) is 13.0. The van der Waals surface area contributed by atoms with Gasteiger partial charge in [-0.05, 0) is 43.2 Å². The molecule has 2 aromatic heterocycles. The number of nitrogens with zero attached hydrogens (tertiary/aromatic N) is 3. The van der Waals surface area contributed by atoms with E-state index in [1.54, 1.807) is 25.3 Å². The Morgan fingerprint density at radius 2 is 2.19 bits per heavy atom. The molecule has 3 rings (SSSR count). The molecule has 0 bridgehead atoms. The van der Waals surface area contributed by atoms with Crippen molar-refractivity contribution < 1.29 is 9.53 Å². The second kappa shape index (κ2) is 7.77. The van der Waals surface area contributed by atoms with E-state index in [9.17, 15) is 4.79 Å². The molecule has 1 amide bonds. The zero-order valence-electron chi connectivity index (χ0n) is 15.6. The first-order valence-corrected chi connectivity index (χ1v) is 9.24. The molecular formula is C20H22N4O2S. The van der Waals surface area contributed by atoms with Gasteiger partial charge in [0.25, 0.3) is 5.91 Å². The summed E-state index contributed by atoms with van der Waals surface area (Å²) in [5.74, 6) is 6.56. The summed E-state index contributed by atoms with van der Waals surface area (Å²) in [6, 6.07) is 1.84. The van der Waals surface area contributed by atoms with Crippen molar-refractivity contribution in [3.8, 4) is 0 Å². The van der Waals surface area contributed by atoms with Crippen molar-refractivity contribution in [3.63, 3.8) is 0 Å². The molecule has 0 aliphatic heterocycles. The minimum Gasteiger partial charge on any atom is -0.497 e. The molecule has 7 heteroatoms. The smallest absolute Gasteiger partial charge is 0.272 e. The van der Waals surface area contributed by atoms with Crippen molar-refractivity contribution in [1.82, 2.24) is 9.88 Å². The summed E-state index contributed by atoms with van der Waals surface area (Å²) in [6.07, 6.45) is 11.5. The Morgan fingerprint density at radius 1 is 1.41 bits per heavy atom. The minimum atomic E-state index is -0.145. The number of carbonyl (C=O) groups is 1. The van der Waals surface area contributed by atoms with Crippen molar-refractivity contribution >= 4 is 33.1 Å². The number of ether oxygens (including phenoxy) is 1. The number of pyridine rings is 1. The molecule has 0 unspecified atom stereocenters. The third-order valence-corrected chi connectivity index (χ3v) is 5.55. The molecule has 2 heterocycles. The number of hydrazine groups is 1. The van der Waals surface area contributed by atoms with Crippen molar-refractivity contribution in [2.75, 3.05) is 19.2 Å². The van der Waals surface area contributed by atoms with E-state index in [-0.39, 0.29) is 5.91 Å². The van der Waals surface area contributed by atoms with Crippen LogP contribution in [0.1, 0.15) is 21.7 Å². The first kappa shape index (κ1) is 18.9. The van der Waals surface area contributed by atoms with Gasteiger partial charge in [0, 0.05) is 30.5 Å². The Labute approximate surface area is 162 Å². The van der Waals surface area contributed by atoms with Crippen LogP contribution >= 0.6 is 11.3 Å². The summed E-state index contributed by atoms with van der Waals surface area (Å²) < 4.78 is 5.26. The zero-order valence-corrected chi connectivity index (χ0v) is 16.4. The van der Waals surface area contributed by atoms with E-state index < -0.39 is 0 Å². The van der Waals surface area contributed by atoms with E-state index in [1.165, 1.54) is 22.5 Å². The topological polar surface area (TPSA) is 71.7 Å². The maximum atomic E-state index is 13.3. The van der Waals surface area contributed by atoms with Crippen LogP contribution in [0, 0.1) is 6.92 Å². The first-order valence-electron chi connectivity index (χ1n) is 8.43. The highest BCUT2D eigenvalue weighted by Crippen LogP contribution is 2.36. The Bertz CT molecular complexity index is 985. The number of thiophene rings is 1. The molecule has 0 aromatic carbocycles. The van der Waals surface area contributed by atoms with Crippen molar-refractivity contribution in [2.24, 2.45) is 5.84 Å². The number of allylic oxidation sites excluding steroid dienone is 4. The molecule has 2 N–H and O–H groups in total. The third-order valence-electron chi connectivity index (χ3n) is 4.36. The number of hydrogen-bond donors (Lipinski definition) is 1. The van der Waals surface area contributed by atoms with Crippen LogP contribution in [0.3, 0.4) is 0 Å². The van der Waals surface area contributed by atoms with E-state index in [1.807, 2.05) is 37.3 Å². The number of aromatic nitrogens is 1. The van der Waals surface area contributed by atoms with Crippen LogP contribution in [-0.4, -0.2) is 29.9 Å². The summed E-state index contributed by atoms with van der Waals surface area (Å²) in [7, 11) is 3.39. The van der Waals surface area contributed by atoms with Gasteiger partial charge in [-0.25, -0.2) is 10.8 Å². The van der Waals surface area contributed by atoms with Crippen LogP contribution in [0.5, 0.6) is 0 Å². The van der Waals surface area contributed by atoms with Gasteiger partial charge in [-0.3, -0.25) is 9.69 Å². The van der Waals surface area contributed by atoms with E-state index in [0.717, 1.165) is 32.9 Å². The monoisotopic (exact) mass is 382 g/mol. The Hall–Kier alpha value is -2.90. The molecule has 0 radical (unpaired) electrons. The number of carbonyl (C=O) groups excluding carboxylic acids is 1. The standard InChI is InChI=1S/C20H22N4O2S/c1-5-24(14-7-6-8-15(26-4)10-9-14)20(25)18-13(2)17-16(23(3)21)11-12-22-19(17)27-18/h5,7-12H,1,6,21H2,2-4H3. The molecule has 27 heavy (non-hydrogen) atoms. The molecule has 0 spiro atoms. The number of anilines is 1. The fraction of sp³-hybridized carbons (Fsp3) is 0.200. The Kier molecular flexibility index (Phi) is 5.43. The second-order valence-electron chi connectivity index (χ2n) is 6.04. The average Bonchev–Trinajstić information content (AvgIpc) is 2.84. The largest absolute Gasteiger partial charge is 0.497 e. The van der Waals surface area contributed by atoms with Crippen LogP contribution < -0.4 is 10.9 Å². The van der Waals surface area contributed by atoms with Crippen LogP contribution in [-0.2, 0) is 4.74 Å². The van der Waals surface area contributed by atoms with Crippen molar-refractivity contribution in [2.45, 2.75) is 13.3 Å². The molecule has 0 saturated carbocycles. The van der Waals surface area contributed by atoms with E-state index >= 15 is 0 Å². The van der Waals surface area contributed by atoms with Gasteiger partial charge in [-0.1, -0.05) is 12.7 Å². The molecule has 0 atom stereocenters. The lowest BCUT2D eigenvalue weighted by molar-refractivity contribution is 0.0865. The van der Waals surface area contributed by atoms with Crippen LogP contribution in [0.4, 0.5) is 5.69 Å². The second-order valence-corrected chi connectivity index (χ2v) is 7.04. The number of fused-ring (bicyclic) bond motifs is 1. The lowest BCUT2D eigenvalue weighted by atomic mass is 10.1. The number of amides is 1. The quantitative estimate of drug-likeness (QED) is 0.628. The molecule has 2 aromatic rings. The number of hydrogen-bond acceptors (Lipinski definition) is 6. The lowest BCUT2D eigenvalue weighted by Crippen LogP contribution is -2.25. The zero-order chi connectivity index (χ0) is 19.6. The molecule has 0 fully saturated rings. The molecule has 140 valence electrons. The van der Waals surface area contributed by atoms with Gasteiger partial charge in [0.1, 0.15) is 10.6 Å². The van der Waals surface area contributed by atoms with Gasteiger partial charge in [0.2, 0.25) is 0 Å². The number of rotatable bonds is 5. The van der Waals surface area contributed by atoms with Crippen molar-refractivity contribution in [3.05, 3.63) is 71.2 Å². The van der Waals surface area contributed by atoms with E-state index in [0.29, 0.717) is 11.3 Å². The molecular weight excluding hydrogens is 360 g/mol. The number of methoxy groups -OCH3 is 1. The highest BCUT2D eigenvalue weighted by atomic mass is 32.1. The van der Waals surface area contributed by atoms with Crippen LogP contribution in [0.2, 0.25) is 0 Å². The normalized spacial score (nSPS) is 13.6. The summed E-state index contributed by atoms with van der Waals surface area (Å²) in [4.78, 5) is 20.6. The summed E-state index contributed by atoms with van der Waals surface area (Å²) in [5.41, 5.74) is 2.45.